The van der Waals surface area contributed by atoms with Gasteiger partial charge in [0, 0.05) is 17.7 Å². The molecule has 1 rings (SSSR count). The molecule has 0 aliphatic heterocycles. The molecule has 0 aromatic heterocycles. The molecule has 0 spiro atoms. The Labute approximate surface area is 116 Å². The SMILES string of the molecule is CC(=O)N[C@@H](CS)C(=O)OCc1cccc(Cl)c1. The van der Waals surface area contributed by atoms with Crippen molar-refractivity contribution in [2.45, 2.75) is 19.6 Å². The largest absolute Gasteiger partial charge is 0.459 e. The quantitative estimate of drug-likeness (QED) is 0.642. The predicted octanol–water partition coefficient (Wildman–Crippen LogP) is 1.82. The van der Waals surface area contributed by atoms with Gasteiger partial charge in [0.25, 0.3) is 0 Å². The molecule has 0 saturated carbocycles. The van der Waals surface area contributed by atoms with Crippen LogP contribution >= 0.6 is 24.2 Å². The van der Waals surface area contributed by atoms with Gasteiger partial charge in [-0.05, 0) is 17.7 Å². The zero-order valence-corrected chi connectivity index (χ0v) is 11.5. The first kappa shape index (κ1) is 14.9. The molecular formula is C12H14ClNO3S. The molecule has 0 unspecified atom stereocenters. The fourth-order valence-electron chi connectivity index (χ4n) is 1.31. The van der Waals surface area contributed by atoms with Gasteiger partial charge in [0.1, 0.15) is 12.6 Å². The van der Waals surface area contributed by atoms with E-state index in [0.29, 0.717) is 5.02 Å². The predicted molar refractivity (Wildman–Crippen MR) is 72.7 cm³/mol. The summed E-state index contributed by atoms with van der Waals surface area (Å²) in [5.41, 5.74) is 0.789. The molecule has 98 valence electrons. The number of benzene rings is 1. The van der Waals surface area contributed by atoms with Gasteiger partial charge in [-0.3, -0.25) is 4.79 Å². The third-order valence-corrected chi connectivity index (χ3v) is 2.71. The van der Waals surface area contributed by atoms with Crippen molar-refractivity contribution >= 4 is 36.1 Å². The van der Waals surface area contributed by atoms with E-state index >= 15 is 0 Å². The van der Waals surface area contributed by atoms with Crippen LogP contribution in [0.25, 0.3) is 0 Å². The van der Waals surface area contributed by atoms with Crippen LogP contribution in [0.3, 0.4) is 0 Å². The molecule has 0 fully saturated rings. The number of halogens is 1. The second kappa shape index (κ2) is 7.28. The van der Waals surface area contributed by atoms with Crippen LogP contribution in [0, 0.1) is 0 Å². The number of hydrogen-bond acceptors (Lipinski definition) is 4. The van der Waals surface area contributed by atoms with Crippen LogP contribution in [0.15, 0.2) is 24.3 Å². The number of amides is 1. The van der Waals surface area contributed by atoms with Crippen LogP contribution in [0.4, 0.5) is 0 Å². The van der Waals surface area contributed by atoms with E-state index in [0.717, 1.165) is 5.56 Å². The molecule has 4 nitrogen and oxygen atoms in total. The zero-order valence-electron chi connectivity index (χ0n) is 9.85. The normalized spacial score (nSPS) is 11.7. The molecule has 6 heteroatoms. The number of esters is 1. The summed E-state index contributed by atoms with van der Waals surface area (Å²) in [5, 5.41) is 3.04. The average molecular weight is 288 g/mol. The maximum atomic E-state index is 11.6. The number of rotatable bonds is 5. The van der Waals surface area contributed by atoms with E-state index in [1.165, 1.54) is 6.92 Å². The summed E-state index contributed by atoms with van der Waals surface area (Å²) >= 11 is 9.80. The Hall–Kier alpha value is -1.20. The van der Waals surface area contributed by atoms with Crippen LogP contribution < -0.4 is 5.32 Å². The first-order valence-electron chi connectivity index (χ1n) is 5.32. The lowest BCUT2D eigenvalue weighted by Crippen LogP contribution is -2.42. The van der Waals surface area contributed by atoms with Gasteiger partial charge in [-0.1, -0.05) is 23.7 Å². The van der Waals surface area contributed by atoms with E-state index in [-0.39, 0.29) is 18.3 Å². The smallest absolute Gasteiger partial charge is 0.329 e. The fourth-order valence-corrected chi connectivity index (χ4v) is 1.76. The van der Waals surface area contributed by atoms with Gasteiger partial charge >= 0.3 is 5.97 Å². The lowest BCUT2D eigenvalue weighted by Gasteiger charge is -2.14. The van der Waals surface area contributed by atoms with Gasteiger partial charge in [-0.2, -0.15) is 12.6 Å². The van der Waals surface area contributed by atoms with E-state index in [2.05, 4.69) is 17.9 Å². The van der Waals surface area contributed by atoms with Crippen molar-refractivity contribution in [3.63, 3.8) is 0 Å². The van der Waals surface area contributed by atoms with E-state index in [1.807, 2.05) is 0 Å². The van der Waals surface area contributed by atoms with Gasteiger partial charge in [-0.15, -0.1) is 0 Å². The fraction of sp³-hybridized carbons (Fsp3) is 0.333. The number of hydrogen-bond donors (Lipinski definition) is 2. The maximum Gasteiger partial charge on any atom is 0.329 e. The van der Waals surface area contributed by atoms with Gasteiger partial charge in [-0.25, -0.2) is 4.79 Å². The van der Waals surface area contributed by atoms with Crippen LogP contribution in [0.5, 0.6) is 0 Å². The average Bonchev–Trinajstić information content (AvgIpc) is 2.33. The van der Waals surface area contributed by atoms with Crippen molar-refractivity contribution < 1.29 is 14.3 Å². The van der Waals surface area contributed by atoms with Gasteiger partial charge in [0.2, 0.25) is 5.91 Å². The molecule has 1 N–H and O–H groups in total. The van der Waals surface area contributed by atoms with Crippen molar-refractivity contribution in [2.75, 3.05) is 5.75 Å². The molecule has 1 atom stereocenters. The number of nitrogens with one attached hydrogen (secondary N) is 1. The minimum Gasteiger partial charge on any atom is -0.459 e. The summed E-state index contributed by atoms with van der Waals surface area (Å²) < 4.78 is 5.08. The first-order valence-corrected chi connectivity index (χ1v) is 6.33. The van der Waals surface area contributed by atoms with Crippen LogP contribution in [-0.4, -0.2) is 23.7 Å². The third kappa shape index (κ3) is 4.98. The third-order valence-electron chi connectivity index (χ3n) is 2.11. The topological polar surface area (TPSA) is 55.4 Å². The van der Waals surface area contributed by atoms with E-state index in [4.69, 9.17) is 16.3 Å². The Morgan fingerprint density at radius 1 is 1.50 bits per heavy atom. The second-order valence-electron chi connectivity index (χ2n) is 3.67. The van der Waals surface area contributed by atoms with E-state index in [1.54, 1.807) is 24.3 Å². The number of thiol groups is 1. The molecular weight excluding hydrogens is 274 g/mol. The number of carbonyl (C=O) groups excluding carboxylic acids is 2. The minimum absolute atomic E-state index is 0.114. The second-order valence-corrected chi connectivity index (χ2v) is 4.47. The van der Waals surface area contributed by atoms with E-state index < -0.39 is 12.0 Å². The Bertz CT molecular complexity index is 439. The molecule has 18 heavy (non-hydrogen) atoms. The van der Waals surface area contributed by atoms with Gasteiger partial charge < -0.3 is 10.1 Å². The lowest BCUT2D eigenvalue weighted by atomic mass is 10.2. The van der Waals surface area contributed by atoms with Crippen LogP contribution in [0.2, 0.25) is 5.02 Å². The highest BCUT2D eigenvalue weighted by Gasteiger charge is 2.19. The molecule has 0 aliphatic rings. The summed E-state index contributed by atoms with van der Waals surface area (Å²) in [7, 11) is 0. The van der Waals surface area contributed by atoms with Crippen LogP contribution in [0.1, 0.15) is 12.5 Å². The van der Waals surface area contributed by atoms with Crippen molar-refractivity contribution in [3.05, 3.63) is 34.9 Å². The molecule has 0 heterocycles. The van der Waals surface area contributed by atoms with Crippen LogP contribution in [-0.2, 0) is 20.9 Å². The molecule has 0 radical (unpaired) electrons. The first-order chi connectivity index (χ1) is 8.52. The molecule has 0 bridgehead atoms. The van der Waals surface area contributed by atoms with Gasteiger partial charge in [0.05, 0.1) is 0 Å². The molecule has 1 aromatic rings. The summed E-state index contributed by atoms with van der Waals surface area (Å²) in [4.78, 5) is 22.5. The summed E-state index contributed by atoms with van der Waals surface area (Å²) in [6.45, 7) is 1.45. The Morgan fingerprint density at radius 3 is 2.78 bits per heavy atom. The standard InChI is InChI=1S/C12H14ClNO3S/c1-8(15)14-11(7-18)12(16)17-6-9-3-2-4-10(13)5-9/h2-5,11,18H,6-7H2,1H3,(H,14,15)/t11-/m0/s1. The minimum atomic E-state index is -0.731. The summed E-state index contributed by atoms with van der Waals surface area (Å²) in [6, 6.07) is 6.29. The highest BCUT2D eigenvalue weighted by atomic mass is 35.5. The number of ether oxygens (including phenoxy) is 1. The maximum absolute atomic E-state index is 11.6. The zero-order chi connectivity index (χ0) is 13.5. The Balaban J connectivity index is 2.51. The molecule has 0 saturated heterocycles. The monoisotopic (exact) mass is 287 g/mol. The summed E-state index contributed by atoms with van der Waals surface area (Å²) in [6.07, 6.45) is 0. The number of carbonyl (C=O) groups is 2. The van der Waals surface area contributed by atoms with Crippen molar-refractivity contribution in [1.29, 1.82) is 0 Å². The molecule has 0 aliphatic carbocycles. The Morgan fingerprint density at radius 2 is 2.22 bits per heavy atom. The van der Waals surface area contributed by atoms with Gasteiger partial charge in [0.15, 0.2) is 0 Å². The summed E-state index contributed by atoms with van der Waals surface area (Å²) in [5.74, 6) is -0.623. The Kier molecular flexibility index (Phi) is 6.01. The molecule has 1 aromatic carbocycles. The van der Waals surface area contributed by atoms with Crippen molar-refractivity contribution in [1.82, 2.24) is 5.32 Å². The lowest BCUT2D eigenvalue weighted by molar-refractivity contribution is -0.148. The highest BCUT2D eigenvalue weighted by Crippen LogP contribution is 2.11. The van der Waals surface area contributed by atoms with Crippen molar-refractivity contribution in [3.8, 4) is 0 Å². The molecule has 1 amide bonds. The van der Waals surface area contributed by atoms with Crippen molar-refractivity contribution in [2.24, 2.45) is 0 Å². The highest BCUT2D eigenvalue weighted by molar-refractivity contribution is 7.80. The van der Waals surface area contributed by atoms with E-state index in [9.17, 15) is 9.59 Å².